The van der Waals surface area contributed by atoms with Gasteiger partial charge in [-0.3, -0.25) is 14.6 Å². The molecule has 2 N–H and O–H groups in total. The minimum atomic E-state index is -0.379. The SMILES string of the molecule is C#Cc1c(OCc2ccncc2)ccc2c1OCCC2=O.NC(=O)c1ccccc1. The van der Waals surface area contributed by atoms with Gasteiger partial charge in [-0.2, -0.15) is 0 Å². The Morgan fingerprint density at radius 2 is 1.87 bits per heavy atom. The third kappa shape index (κ3) is 5.03. The van der Waals surface area contributed by atoms with Gasteiger partial charge in [0.15, 0.2) is 5.78 Å². The Morgan fingerprint density at radius 3 is 2.50 bits per heavy atom. The Labute approximate surface area is 174 Å². The van der Waals surface area contributed by atoms with Gasteiger partial charge in [-0.05, 0) is 42.0 Å². The van der Waals surface area contributed by atoms with Crippen LogP contribution in [0, 0.1) is 12.3 Å². The lowest BCUT2D eigenvalue weighted by Crippen LogP contribution is -2.16. The fourth-order valence-corrected chi connectivity index (χ4v) is 2.81. The van der Waals surface area contributed by atoms with Crippen molar-refractivity contribution in [2.45, 2.75) is 13.0 Å². The average molecular weight is 400 g/mol. The zero-order valence-electron chi connectivity index (χ0n) is 16.2. The first-order chi connectivity index (χ1) is 14.6. The second-order valence-corrected chi connectivity index (χ2v) is 6.36. The monoisotopic (exact) mass is 400 g/mol. The van der Waals surface area contributed by atoms with Gasteiger partial charge >= 0.3 is 0 Å². The van der Waals surface area contributed by atoms with Crippen LogP contribution in [0.1, 0.15) is 38.3 Å². The minimum Gasteiger partial charge on any atom is -0.491 e. The van der Waals surface area contributed by atoms with Crippen LogP contribution in [0.5, 0.6) is 11.5 Å². The molecule has 6 nitrogen and oxygen atoms in total. The molecule has 2 heterocycles. The molecule has 6 heteroatoms. The third-order valence-electron chi connectivity index (χ3n) is 4.34. The minimum absolute atomic E-state index is 0.0495. The number of Topliss-reactive ketones (excluding diaryl/α,β-unsaturated/α-hetero) is 1. The average Bonchev–Trinajstić information content (AvgIpc) is 2.79. The fourth-order valence-electron chi connectivity index (χ4n) is 2.81. The smallest absolute Gasteiger partial charge is 0.248 e. The van der Waals surface area contributed by atoms with Crippen molar-refractivity contribution >= 4 is 11.7 Å². The number of benzene rings is 2. The lowest BCUT2D eigenvalue weighted by molar-refractivity contribution is 0.0931. The van der Waals surface area contributed by atoms with E-state index in [2.05, 4.69) is 10.9 Å². The number of rotatable bonds is 4. The van der Waals surface area contributed by atoms with E-state index in [-0.39, 0.29) is 11.7 Å². The van der Waals surface area contributed by atoms with Crippen molar-refractivity contribution in [3.05, 3.63) is 89.2 Å². The molecule has 1 amide bonds. The molecule has 0 saturated heterocycles. The number of carbonyl (C=O) groups excluding carboxylic acids is 2. The Hall–Kier alpha value is -4.11. The molecular weight excluding hydrogens is 380 g/mol. The highest BCUT2D eigenvalue weighted by atomic mass is 16.5. The molecule has 4 rings (SSSR count). The number of nitrogens with two attached hydrogens (primary N) is 1. The number of hydrogen-bond donors (Lipinski definition) is 1. The van der Waals surface area contributed by atoms with E-state index in [1.807, 2.05) is 18.2 Å². The van der Waals surface area contributed by atoms with Crippen LogP contribution in [0.25, 0.3) is 0 Å². The van der Waals surface area contributed by atoms with Gasteiger partial charge in [-0.1, -0.05) is 24.1 Å². The van der Waals surface area contributed by atoms with Crippen molar-refractivity contribution in [3.63, 3.8) is 0 Å². The molecule has 0 atom stereocenters. The second-order valence-electron chi connectivity index (χ2n) is 6.36. The quantitative estimate of drug-likeness (QED) is 0.678. The van der Waals surface area contributed by atoms with E-state index in [1.165, 1.54) is 0 Å². The summed E-state index contributed by atoms with van der Waals surface area (Å²) in [4.78, 5) is 26.2. The molecule has 1 aliphatic heterocycles. The lowest BCUT2D eigenvalue weighted by Gasteiger charge is -2.19. The number of carbonyl (C=O) groups is 2. The van der Waals surface area contributed by atoms with E-state index in [4.69, 9.17) is 21.6 Å². The maximum Gasteiger partial charge on any atom is 0.248 e. The van der Waals surface area contributed by atoms with E-state index >= 15 is 0 Å². The number of amides is 1. The molecule has 0 unspecified atom stereocenters. The van der Waals surface area contributed by atoms with Gasteiger partial charge in [0.2, 0.25) is 5.91 Å². The first-order valence-corrected chi connectivity index (χ1v) is 9.26. The summed E-state index contributed by atoms with van der Waals surface area (Å²) in [5.74, 6) is 3.24. The van der Waals surface area contributed by atoms with Gasteiger partial charge in [0.05, 0.1) is 12.2 Å². The maximum atomic E-state index is 11.8. The first-order valence-electron chi connectivity index (χ1n) is 9.26. The molecule has 30 heavy (non-hydrogen) atoms. The largest absolute Gasteiger partial charge is 0.491 e. The van der Waals surface area contributed by atoms with Crippen LogP contribution in [-0.4, -0.2) is 23.3 Å². The number of nitrogens with zero attached hydrogens (tertiary/aromatic N) is 1. The van der Waals surface area contributed by atoms with Gasteiger partial charge in [-0.25, -0.2) is 0 Å². The predicted molar refractivity (Wildman–Crippen MR) is 112 cm³/mol. The molecule has 1 aromatic heterocycles. The fraction of sp³-hybridized carbons (Fsp3) is 0.125. The van der Waals surface area contributed by atoms with Crippen LogP contribution in [0.2, 0.25) is 0 Å². The van der Waals surface area contributed by atoms with Gasteiger partial charge in [0.1, 0.15) is 23.7 Å². The zero-order valence-corrected chi connectivity index (χ0v) is 16.2. The highest BCUT2D eigenvalue weighted by molar-refractivity contribution is 6.00. The Bertz CT molecular complexity index is 1070. The van der Waals surface area contributed by atoms with Crippen LogP contribution < -0.4 is 15.2 Å². The molecule has 150 valence electrons. The molecule has 0 bridgehead atoms. The number of fused-ring (bicyclic) bond motifs is 1. The van der Waals surface area contributed by atoms with Crippen molar-refractivity contribution in [1.29, 1.82) is 0 Å². The summed E-state index contributed by atoms with van der Waals surface area (Å²) in [6, 6.07) is 15.9. The molecular formula is C24H20N2O4. The van der Waals surface area contributed by atoms with Gasteiger partial charge in [-0.15, -0.1) is 6.42 Å². The summed E-state index contributed by atoms with van der Waals surface area (Å²) in [5.41, 5.74) is 7.54. The normalized spacial score (nSPS) is 11.8. The van der Waals surface area contributed by atoms with Crippen LogP contribution >= 0.6 is 0 Å². The molecule has 3 aromatic rings. The highest BCUT2D eigenvalue weighted by Gasteiger charge is 2.23. The van der Waals surface area contributed by atoms with Crippen molar-refractivity contribution in [3.8, 4) is 23.8 Å². The van der Waals surface area contributed by atoms with Crippen molar-refractivity contribution in [1.82, 2.24) is 4.98 Å². The number of primary amides is 1. The van der Waals surface area contributed by atoms with E-state index in [1.54, 1.807) is 48.8 Å². The Kier molecular flexibility index (Phi) is 6.80. The molecule has 0 aliphatic carbocycles. The van der Waals surface area contributed by atoms with E-state index in [9.17, 15) is 9.59 Å². The van der Waals surface area contributed by atoms with Crippen LogP contribution in [0.15, 0.2) is 67.0 Å². The predicted octanol–water partition coefficient (Wildman–Crippen LogP) is 3.39. The zero-order chi connectivity index (χ0) is 21.3. The molecule has 2 aromatic carbocycles. The maximum absolute atomic E-state index is 11.8. The third-order valence-corrected chi connectivity index (χ3v) is 4.34. The summed E-state index contributed by atoms with van der Waals surface area (Å²) in [6.07, 6.45) is 9.35. The molecule has 0 fully saturated rings. The van der Waals surface area contributed by atoms with E-state index in [0.29, 0.717) is 47.8 Å². The molecule has 0 spiro atoms. The number of terminal acetylenes is 1. The number of hydrogen-bond acceptors (Lipinski definition) is 5. The topological polar surface area (TPSA) is 91.5 Å². The van der Waals surface area contributed by atoms with Gasteiger partial charge in [0.25, 0.3) is 0 Å². The summed E-state index contributed by atoms with van der Waals surface area (Å²) in [5, 5.41) is 0. The summed E-state index contributed by atoms with van der Waals surface area (Å²) < 4.78 is 11.3. The number of ether oxygens (including phenoxy) is 2. The molecule has 1 aliphatic rings. The lowest BCUT2D eigenvalue weighted by atomic mass is 10.0. The summed E-state index contributed by atoms with van der Waals surface area (Å²) >= 11 is 0. The summed E-state index contributed by atoms with van der Waals surface area (Å²) in [6.45, 7) is 0.734. The highest BCUT2D eigenvalue weighted by Crippen LogP contribution is 2.35. The molecule has 0 radical (unpaired) electrons. The van der Waals surface area contributed by atoms with Gasteiger partial charge in [0, 0.05) is 24.4 Å². The van der Waals surface area contributed by atoms with Crippen molar-refractivity contribution in [2.24, 2.45) is 5.73 Å². The number of pyridine rings is 1. The molecule has 0 saturated carbocycles. The number of ketones is 1. The Balaban J connectivity index is 0.000000239. The standard InChI is InChI=1S/C17H13NO3.C7H7NO/c1-2-13-16(21-11-12-5-8-18-9-6-12)4-3-14-15(19)7-10-20-17(13)14;8-7(9)6-4-2-1-3-5-6/h1,3-6,8-9H,7,10-11H2;1-5H,(H2,8,9). The van der Waals surface area contributed by atoms with Crippen molar-refractivity contribution < 1.29 is 19.1 Å². The van der Waals surface area contributed by atoms with E-state index < -0.39 is 0 Å². The number of aromatic nitrogens is 1. The Morgan fingerprint density at radius 1 is 1.13 bits per heavy atom. The van der Waals surface area contributed by atoms with Crippen molar-refractivity contribution in [2.75, 3.05) is 6.61 Å². The summed E-state index contributed by atoms with van der Waals surface area (Å²) in [7, 11) is 0. The van der Waals surface area contributed by atoms with Crippen LogP contribution in [0.4, 0.5) is 0 Å². The second kappa shape index (κ2) is 9.89. The first kappa shape index (κ1) is 20.6. The van der Waals surface area contributed by atoms with Crippen LogP contribution in [0.3, 0.4) is 0 Å². The van der Waals surface area contributed by atoms with E-state index in [0.717, 1.165) is 5.56 Å². The van der Waals surface area contributed by atoms with Crippen LogP contribution in [-0.2, 0) is 6.61 Å². The van der Waals surface area contributed by atoms with Gasteiger partial charge < -0.3 is 15.2 Å².